The van der Waals surface area contributed by atoms with Crippen molar-refractivity contribution in [2.75, 3.05) is 13.1 Å². The summed E-state index contributed by atoms with van der Waals surface area (Å²) in [4.78, 5) is 18.6. The summed E-state index contributed by atoms with van der Waals surface area (Å²) in [7, 11) is 0. The molecule has 0 aliphatic carbocycles. The van der Waals surface area contributed by atoms with Gasteiger partial charge < -0.3 is 5.32 Å². The number of aromatic nitrogens is 1. The Morgan fingerprint density at radius 1 is 1.35 bits per heavy atom. The Morgan fingerprint density at radius 2 is 2.13 bits per heavy atom. The fourth-order valence-electron chi connectivity index (χ4n) is 2.88. The van der Waals surface area contributed by atoms with Crippen LogP contribution in [0.3, 0.4) is 0 Å². The van der Waals surface area contributed by atoms with Crippen LogP contribution in [0.5, 0.6) is 0 Å². The van der Waals surface area contributed by atoms with Crippen LogP contribution in [0.1, 0.15) is 28.5 Å². The van der Waals surface area contributed by atoms with Gasteiger partial charge in [0, 0.05) is 36.9 Å². The van der Waals surface area contributed by atoms with E-state index >= 15 is 0 Å². The molecule has 0 bridgehead atoms. The lowest BCUT2D eigenvalue weighted by Gasteiger charge is -2.33. The van der Waals surface area contributed by atoms with Gasteiger partial charge in [-0.1, -0.05) is 35.9 Å². The number of carbonyl (C=O) groups is 1. The second-order valence-electron chi connectivity index (χ2n) is 5.91. The fraction of sp³-hybridized carbons (Fsp3) is 0.333. The normalized spacial score (nSPS) is 15.7. The third kappa shape index (κ3) is 3.89. The van der Waals surface area contributed by atoms with Crippen LogP contribution in [-0.4, -0.2) is 34.9 Å². The van der Waals surface area contributed by atoms with Crippen LogP contribution in [0.15, 0.2) is 42.6 Å². The maximum atomic E-state index is 12.1. The molecule has 1 aromatic heterocycles. The monoisotopic (exact) mass is 329 g/mol. The number of carbonyl (C=O) groups excluding carboxylic acids is 1. The molecule has 1 aliphatic heterocycles. The first-order chi connectivity index (χ1) is 11.1. The van der Waals surface area contributed by atoms with Crippen molar-refractivity contribution in [3.63, 3.8) is 0 Å². The minimum Gasteiger partial charge on any atom is -0.349 e. The molecular weight excluding hydrogens is 310 g/mol. The highest BCUT2D eigenvalue weighted by Crippen LogP contribution is 2.20. The SMILES string of the molecule is CC(CNC(=O)c1cc(Cl)ccn1)N1CCc2ccccc2C1. The van der Waals surface area contributed by atoms with Gasteiger partial charge in [-0.3, -0.25) is 14.7 Å². The van der Waals surface area contributed by atoms with Gasteiger partial charge in [-0.25, -0.2) is 0 Å². The smallest absolute Gasteiger partial charge is 0.269 e. The van der Waals surface area contributed by atoms with Crippen LogP contribution < -0.4 is 5.32 Å². The summed E-state index contributed by atoms with van der Waals surface area (Å²) in [5.41, 5.74) is 3.17. The van der Waals surface area contributed by atoms with Crippen LogP contribution in [0.25, 0.3) is 0 Å². The maximum Gasteiger partial charge on any atom is 0.269 e. The number of rotatable bonds is 4. The van der Waals surface area contributed by atoms with Crippen LogP contribution in [0, 0.1) is 0 Å². The van der Waals surface area contributed by atoms with Gasteiger partial charge in [-0.2, -0.15) is 0 Å². The van der Waals surface area contributed by atoms with Crippen LogP contribution in [0.2, 0.25) is 5.02 Å². The molecule has 0 saturated carbocycles. The van der Waals surface area contributed by atoms with Gasteiger partial charge in [0.15, 0.2) is 0 Å². The number of pyridine rings is 1. The zero-order valence-corrected chi connectivity index (χ0v) is 13.9. The van der Waals surface area contributed by atoms with E-state index in [0.29, 0.717) is 17.3 Å². The summed E-state index contributed by atoms with van der Waals surface area (Å²) < 4.78 is 0. The average molecular weight is 330 g/mol. The molecule has 0 radical (unpaired) electrons. The Balaban J connectivity index is 1.56. The van der Waals surface area contributed by atoms with E-state index in [9.17, 15) is 4.79 Å². The van der Waals surface area contributed by atoms with Crippen LogP contribution >= 0.6 is 11.6 Å². The van der Waals surface area contributed by atoms with Crippen LogP contribution in [0.4, 0.5) is 0 Å². The molecule has 1 atom stereocenters. The third-order valence-corrected chi connectivity index (χ3v) is 4.53. The quantitative estimate of drug-likeness (QED) is 0.938. The zero-order valence-electron chi connectivity index (χ0n) is 13.1. The predicted molar refractivity (Wildman–Crippen MR) is 91.6 cm³/mol. The predicted octanol–water partition coefficient (Wildman–Crippen LogP) is 2.91. The first-order valence-corrected chi connectivity index (χ1v) is 8.22. The summed E-state index contributed by atoms with van der Waals surface area (Å²) in [5.74, 6) is -0.184. The summed E-state index contributed by atoms with van der Waals surface area (Å²) in [5, 5.41) is 3.46. The van der Waals surface area contributed by atoms with E-state index in [-0.39, 0.29) is 11.9 Å². The topological polar surface area (TPSA) is 45.2 Å². The molecule has 1 amide bonds. The molecular formula is C18H20ClN3O. The largest absolute Gasteiger partial charge is 0.349 e. The Kier molecular flexibility index (Phi) is 4.94. The Morgan fingerprint density at radius 3 is 2.91 bits per heavy atom. The van der Waals surface area contributed by atoms with Gasteiger partial charge in [-0.05, 0) is 36.6 Å². The third-order valence-electron chi connectivity index (χ3n) is 4.30. The summed E-state index contributed by atoms with van der Waals surface area (Å²) in [6.45, 7) is 4.68. The van der Waals surface area contributed by atoms with E-state index in [0.717, 1.165) is 19.5 Å². The fourth-order valence-corrected chi connectivity index (χ4v) is 3.04. The Labute approximate surface area is 141 Å². The molecule has 2 aromatic rings. The molecule has 4 nitrogen and oxygen atoms in total. The minimum absolute atomic E-state index is 0.184. The number of fused-ring (bicyclic) bond motifs is 1. The van der Waals surface area contributed by atoms with Gasteiger partial charge in [0.1, 0.15) is 5.69 Å². The van der Waals surface area contributed by atoms with Gasteiger partial charge in [-0.15, -0.1) is 0 Å². The van der Waals surface area contributed by atoms with Gasteiger partial charge in [0.05, 0.1) is 0 Å². The van der Waals surface area contributed by atoms with Crippen molar-refractivity contribution >= 4 is 17.5 Å². The van der Waals surface area contributed by atoms with Crippen molar-refractivity contribution in [3.05, 3.63) is 64.4 Å². The molecule has 23 heavy (non-hydrogen) atoms. The molecule has 0 fully saturated rings. The molecule has 5 heteroatoms. The maximum absolute atomic E-state index is 12.1. The van der Waals surface area contributed by atoms with E-state index in [1.807, 2.05) is 0 Å². The molecule has 1 unspecified atom stereocenters. The number of benzene rings is 1. The standard InChI is InChI=1S/C18H20ClN3O/c1-13(11-21-18(23)17-10-16(19)6-8-20-17)22-9-7-14-4-2-3-5-15(14)12-22/h2-6,8,10,13H,7,9,11-12H2,1H3,(H,21,23). The van der Waals surface area contributed by atoms with E-state index in [1.54, 1.807) is 18.3 Å². The lowest BCUT2D eigenvalue weighted by molar-refractivity contribution is 0.0927. The number of amides is 1. The number of nitrogens with one attached hydrogen (secondary N) is 1. The minimum atomic E-state index is -0.184. The first kappa shape index (κ1) is 16.0. The Bertz CT molecular complexity index is 704. The van der Waals surface area contributed by atoms with E-state index in [4.69, 9.17) is 11.6 Å². The lowest BCUT2D eigenvalue weighted by Crippen LogP contribution is -2.44. The summed E-state index contributed by atoms with van der Waals surface area (Å²) in [6, 6.07) is 12.1. The zero-order chi connectivity index (χ0) is 16.2. The van der Waals surface area contributed by atoms with E-state index in [1.165, 1.54) is 11.1 Å². The Hall–Kier alpha value is -1.91. The molecule has 3 rings (SSSR count). The number of nitrogens with zero attached hydrogens (tertiary/aromatic N) is 2. The molecule has 2 heterocycles. The van der Waals surface area contributed by atoms with Gasteiger partial charge >= 0.3 is 0 Å². The molecule has 120 valence electrons. The van der Waals surface area contributed by atoms with E-state index < -0.39 is 0 Å². The number of halogens is 1. The van der Waals surface area contributed by atoms with Crippen molar-refractivity contribution in [2.24, 2.45) is 0 Å². The highest BCUT2D eigenvalue weighted by atomic mass is 35.5. The first-order valence-electron chi connectivity index (χ1n) is 7.84. The van der Waals surface area contributed by atoms with Gasteiger partial charge in [0.25, 0.3) is 5.91 Å². The van der Waals surface area contributed by atoms with Crippen molar-refractivity contribution in [1.29, 1.82) is 0 Å². The lowest BCUT2D eigenvalue weighted by atomic mass is 9.99. The molecule has 0 saturated heterocycles. The summed E-state index contributed by atoms with van der Waals surface area (Å²) >= 11 is 5.89. The highest BCUT2D eigenvalue weighted by Gasteiger charge is 2.21. The number of hydrogen-bond acceptors (Lipinski definition) is 3. The summed E-state index contributed by atoms with van der Waals surface area (Å²) in [6.07, 6.45) is 2.60. The van der Waals surface area contributed by atoms with Crippen molar-refractivity contribution in [1.82, 2.24) is 15.2 Å². The average Bonchev–Trinajstić information content (AvgIpc) is 2.59. The molecule has 1 aliphatic rings. The van der Waals surface area contributed by atoms with E-state index in [2.05, 4.69) is 46.4 Å². The van der Waals surface area contributed by atoms with Crippen molar-refractivity contribution in [3.8, 4) is 0 Å². The van der Waals surface area contributed by atoms with Crippen molar-refractivity contribution in [2.45, 2.75) is 25.9 Å². The van der Waals surface area contributed by atoms with Crippen molar-refractivity contribution < 1.29 is 4.79 Å². The molecule has 1 aromatic carbocycles. The molecule has 0 spiro atoms. The molecule has 1 N–H and O–H groups in total. The second-order valence-corrected chi connectivity index (χ2v) is 6.34. The number of hydrogen-bond donors (Lipinski definition) is 1. The second kappa shape index (κ2) is 7.11. The van der Waals surface area contributed by atoms with Crippen LogP contribution in [-0.2, 0) is 13.0 Å². The highest BCUT2D eigenvalue weighted by molar-refractivity contribution is 6.30. The van der Waals surface area contributed by atoms with Gasteiger partial charge in [0.2, 0.25) is 0 Å².